The maximum atomic E-state index is 13.2. The fourth-order valence-electron chi connectivity index (χ4n) is 1.55. The minimum atomic E-state index is -0.527. The van der Waals surface area contributed by atoms with E-state index in [-0.39, 0.29) is 29.5 Å². The molecule has 0 aliphatic heterocycles. The molecule has 0 radical (unpaired) electrons. The van der Waals surface area contributed by atoms with E-state index in [0.717, 1.165) is 6.07 Å². The van der Waals surface area contributed by atoms with E-state index in [1.165, 1.54) is 30.3 Å². The van der Waals surface area contributed by atoms with Crippen LogP contribution >= 0.6 is 0 Å². The molecule has 1 heterocycles. The average Bonchev–Trinajstić information content (AvgIpc) is 2.86. The van der Waals surface area contributed by atoms with Gasteiger partial charge >= 0.3 is 0 Å². The third-order valence-corrected chi connectivity index (χ3v) is 2.40. The fraction of sp³-hybridized carbons (Fsp3) is 0.167. The predicted octanol–water partition coefficient (Wildman–Crippen LogP) is 1.18. The molecule has 19 heavy (non-hydrogen) atoms. The van der Waals surface area contributed by atoms with Crippen molar-refractivity contribution in [2.75, 3.05) is 7.11 Å². The van der Waals surface area contributed by atoms with Gasteiger partial charge in [0.15, 0.2) is 5.78 Å². The molecule has 0 saturated heterocycles. The third kappa shape index (κ3) is 2.74. The highest BCUT2D eigenvalue weighted by Gasteiger charge is 2.14. The quantitative estimate of drug-likeness (QED) is 0.771. The zero-order chi connectivity index (χ0) is 13.8. The summed E-state index contributed by atoms with van der Waals surface area (Å²) in [6.07, 6.45) is 1.27. The third-order valence-electron chi connectivity index (χ3n) is 2.40. The largest absolute Gasteiger partial charge is 0.496 e. The highest BCUT2D eigenvalue weighted by atomic mass is 19.1. The molecule has 1 aromatic carbocycles. The number of ether oxygens (including phenoxy) is 1. The summed E-state index contributed by atoms with van der Waals surface area (Å²) in [6.45, 7) is -0.144. The van der Waals surface area contributed by atoms with Crippen molar-refractivity contribution < 1.29 is 13.9 Å². The van der Waals surface area contributed by atoms with Crippen molar-refractivity contribution >= 4 is 5.78 Å². The molecular weight excluding hydrogens is 251 g/mol. The SMILES string of the molecule is COc1ccc(F)cc1C(=O)Cn1cnc(C#N)n1. The molecule has 2 rings (SSSR count). The summed E-state index contributed by atoms with van der Waals surface area (Å²) in [6, 6.07) is 5.44. The Balaban J connectivity index is 2.24. The number of aromatic nitrogens is 3. The number of nitrogens with zero attached hydrogens (tertiary/aromatic N) is 4. The first-order valence-corrected chi connectivity index (χ1v) is 5.30. The second-order valence-corrected chi connectivity index (χ2v) is 3.65. The first kappa shape index (κ1) is 12.7. The zero-order valence-electron chi connectivity index (χ0n) is 10.00. The molecule has 0 bridgehead atoms. The molecule has 0 atom stereocenters. The topological polar surface area (TPSA) is 80.8 Å². The van der Waals surface area contributed by atoms with Crippen molar-refractivity contribution in [2.24, 2.45) is 0 Å². The monoisotopic (exact) mass is 260 g/mol. The first-order chi connectivity index (χ1) is 9.13. The van der Waals surface area contributed by atoms with Crippen LogP contribution < -0.4 is 4.74 Å². The lowest BCUT2D eigenvalue weighted by Crippen LogP contribution is -2.12. The van der Waals surface area contributed by atoms with Gasteiger partial charge in [0, 0.05) is 0 Å². The number of ketones is 1. The van der Waals surface area contributed by atoms with Crippen LogP contribution in [0.3, 0.4) is 0 Å². The number of methoxy groups -OCH3 is 1. The second-order valence-electron chi connectivity index (χ2n) is 3.65. The van der Waals surface area contributed by atoms with Gasteiger partial charge in [-0.1, -0.05) is 0 Å². The lowest BCUT2D eigenvalue weighted by molar-refractivity contribution is 0.0964. The van der Waals surface area contributed by atoms with Crippen LogP contribution in [0.5, 0.6) is 5.75 Å². The highest BCUT2D eigenvalue weighted by molar-refractivity contribution is 5.98. The van der Waals surface area contributed by atoms with Crippen molar-refractivity contribution in [1.29, 1.82) is 5.26 Å². The first-order valence-electron chi connectivity index (χ1n) is 5.30. The van der Waals surface area contributed by atoms with Gasteiger partial charge in [-0.05, 0) is 18.2 Å². The van der Waals surface area contributed by atoms with Crippen LogP contribution in [0.4, 0.5) is 4.39 Å². The summed E-state index contributed by atoms with van der Waals surface area (Å²) in [4.78, 5) is 15.7. The van der Waals surface area contributed by atoms with Crippen molar-refractivity contribution in [3.05, 3.63) is 41.7 Å². The van der Waals surface area contributed by atoms with Gasteiger partial charge in [-0.25, -0.2) is 14.1 Å². The van der Waals surface area contributed by atoms with E-state index < -0.39 is 5.82 Å². The molecule has 0 amide bonds. The van der Waals surface area contributed by atoms with E-state index >= 15 is 0 Å². The second kappa shape index (κ2) is 5.27. The fourth-order valence-corrected chi connectivity index (χ4v) is 1.55. The van der Waals surface area contributed by atoms with Gasteiger partial charge in [0.1, 0.15) is 30.5 Å². The Morgan fingerprint density at radius 1 is 1.58 bits per heavy atom. The number of rotatable bonds is 4. The molecule has 96 valence electrons. The van der Waals surface area contributed by atoms with Crippen LogP contribution in [-0.2, 0) is 6.54 Å². The minimum Gasteiger partial charge on any atom is -0.496 e. The molecule has 0 saturated carbocycles. The Labute approximate surface area is 108 Å². The molecular formula is C12H9FN4O2. The summed E-state index contributed by atoms with van der Waals surface area (Å²) < 4.78 is 19.4. The number of hydrogen-bond acceptors (Lipinski definition) is 5. The summed E-state index contributed by atoms with van der Waals surface area (Å²) in [5.41, 5.74) is 0.122. The minimum absolute atomic E-state index is 0.0287. The smallest absolute Gasteiger partial charge is 0.252 e. The molecule has 2 aromatic rings. The summed E-state index contributed by atoms with van der Waals surface area (Å²) in [7, 11) is 1.40. The van der Waals surface area contributed by atoms with Crippen LogP contribution in [-0.4, -0.2) is 27.7 Å². The highest BCUT2D eigenvalue weighted by Crippen LogP contribution is 2.20. The van der Waals surface area contributed by atoms with E-state index in [0.29, 0.717) is 0 Å². The van der Waals surface area contributed by atoms with Crippen molar-refractivity contribution in [1.82, 2.24) is 14.8 Å². The Morgan fingerprint density at radius 2 is 2.37 bits per heavy atom. The van der Waals surface area contributed by atoms with E-state index in [4.69, 9.17) is 10.00 Å². The van der Waals surface area contributed by atoms with Gasteiger partial charge < -0.3 is 4.74 Å². The van der Waals surface area contributed by atoms with Gasteiger partial charge in [-0.3, -0.25) is 4.79 Å². The summed E-state index contributed by atoms with van der Waals surface area (Å²) >= 11 is 0. The van der Waals surface area contributed by atoms with Crippen molar-refractivity contribution in [3.63, 3.8) is 0 Å². The molecule has 0 fully saturated rings. The van der Waals surface area contributed by atoms with E-state index in [1.807, 2.05) is 0 Å². The summed E-state index contributed by atoms with van der Waals surface area (Å²) in [5.74, 6) is -0.655. The standard InChI is InChI=1S/C12H9FN4O2/c1-19-11-3-2-8(13)4-9(11)10(18)6-17-7-15-12(5-14)16-17/h2-4,7H,6H2,1H3. The van der Waals surface area contributed by atoms with Crippen molar-refractivity contribution in [3.8, 4) is 11.8 Å². The Hall–Kier alpha value is -2.75. The molecule has 0 aliphatic rings. The van der Waals surface area contributed by atoms with Gasteiger partial charge in [0.25, 0.3) is 5.82 Å². The van der Waals surface area contributed by atoms with Crippen molar-refractivity contribution in [2.45, 2.75) is 6.54 Å². The molecule has 7 heteroatoms. The normalized spacial score (nSPS) is 9.95. The Morgan fingerprint density at radius 3 is 3.00 bits per heavy atom. The summed E-state index contributed by atoms with van der Waals surface area (Å²) in [5, 5.41) is 12.3. The maximum Gasteiger partial charge on any atom is 0.252 e. The number of benzene rings is 1. The van der Waals surface area contributed by atoms with Gasteiger partial charge in [-0.15, -0.1) is 5.10 Å². The zero-order valence-corrected chi connectivity index (χ0v) is 10.00. The van der Waals surface area contributed by atoms with Gasteiger partial charge in [0.2, 0.25) is 0 Å². The molecule has 0 spiro atoms. The lowest BCUT2D eigenvalue weighted by Gasteiger charge is -2.07. The number of Topliss-reactive ketones (excluding diaryl/α,β-unsaturated/α-hetero) is 1. The Kier molecular flexibility index (Phi) is 3.52. The average molecular weight is 260 g/mol. The number of nitriles is 1. The van der Waals surface area contributed by atoms with Crippen LogP contribution in [0, 0.1) is 17.1 Å². The van der Waals surface area contributed by atoms with Gasteiger partial charge in [0.05, 0.1) is 12.7 Å². The number of carbonyl (C=O) groups excluding carboxylic acids is 1. The molecule has 1 aromatic heterocycles. The number of halogens is 1. The van der Waals surface area contributed by atoms with Crippen LogP contribution in [0.1, 0.15) is 16.2 Å². The molecule has 0 aliphatic carbocycles. The molecule has 0 N–H and O–H groups in total. The van der Waals surface area contributed by atoms with Crippen LogP contribution in [0.2, 0.25) is 0 Å². The van der Waals surface area contributed by atoms with Crippen LogP contribution in [0.25, 0.3) is 0 Å². The van der Waals surface area contributed by atoms with E-state index in [9.17, 15) is 9.18 Å². The predicted molar refractivity (Wildman–Crippen MR) is 62.0 cm³/mol. The van der Waals surface area contributed by atoms with E-state index in [1.54, 1.807) is 6.07 Å². The van der Waals surface area contributed by atoms with E-state index in [2.05, 4.69) is 10.1 Å². The maximum absolute atomic E-state index is 13.2. The molecule has 0 unspecified atom stereocenters. The Bertz CT molecular complexity index is 660. The van der Waals surface area contributed by atoms with Crippen LogP contribution in [0.15, 0.2) is 24.5 Å². The number of carbonyl (C=O) groups is 1. The lowest BCUT2D eigenvalue weighted by atomic mass is 10.1. The number of hydrogen-bond donors (Lipinski definition) is 0. The van der Waals surface area contributed by atoms with Gasteiger partial charge in [-0.2, -0.15) is 5.26 Å². The molecule has 6 nitrogen and oxygen atoms in total.